The molecule has 162 valence electrons. The van der Waals surface area contributed by atoms with Crippen molar-refractivity contribution in [2.75, 3.05) is 7.05 Å². The van der Waals surface area contributed by atoms with Crippen LogP contribution in [0.15, 0.2) is 60.8 Å². The van der Waals surface area contributed by atoms with Crippen molar-refractivity contribution in [2.45, 2.75) is 33.4 Å². The van der Waals surface area contributed by atoms with Gasteiger partial charge in [-0.2, -0.15) is 5.10 Å². The first-order valence-electron chi connectivity index (χ1n) is 10.2. The van der Waals surface area contributed by atoms with Crippen LogP contribution in [0.4, 0.5) is 0 Å². The normalized spacial score (nSPS) is 11.9. The van der Waals surface area contributed by atoms with Gasteiger partial charge in [0.25, 0.3) is 0 Å². The van der Waals surface area contributed by atoms with Gasteiger partial charge in [0.1, 0.15) is 6.04 Å². The first-order chi connectivity index (χ1) is 14.8. The van der Waals surface area contributed by atoms with Crippen molar-refractivity contribution in [3.05, 3.63) is 71.4 Å². The third-order valence-electron chi connectivity index (χ3n) is 5.00. The molecule has 0 bridgehead atoms. The number of hydrogen-bond donors (Lipinski definition) is 1. The van der Waals surface area contributed by atoms with Crippen LogP contribution in [0.5, 0.6) is 0 Å². The van der Waals surface area contributed by atoms with Crippen LogP contribution in [-0.4, -0.2) is 39.6 Å². The first-order valence-corrected chi connectivity index (χ1v) is 10.6. The van der Waals surface area contributed by atoms with Gasteiger partial charge in [-0.25, -0.2) is 4.68 Å². The quantitative estimate of drug-likeness (QED) is 0.597. The average molecular weight is 439 g/mol. The average Bonchev–Trinajstić information content (AvgIpc) is 3.16. The number of benzene rings is 2. The van der Waals surface area contributed by atoms with Crippen LogP contribution in [0, 0.1) is 5.92 Å². The number of para-hydroxylation sites is 1. The van der Waals surface area contributed by atoms with Crippen molar-refractivity contribution in [3.8, 4) is 16.9 Å². The molecule has 0 aliphatic carbocycles. The molecule has 6 nitrogen and oxygen atoms in total. The van der Waals surface area contributed by atoms with Crippen molar-refractivity contribution in [3.63, 3.8) is 0 Å². The maximum absolute atomic E-state index is 13.1. The van der Waals surface area contributed by atoms with Crippen LogP contribution >= 0.6 is 11.6 Å². The van der Waals surface area contributed by atoms with E-state index in [9.17, 15) is 9.59 Å². The Morgan fingerprint density at radius 1 is 1.10 bits per heavy atom. The van der Waals surface area contributed by atoms with Crippen LogP contribution in [0.25, 0.3) is 16.9 Å². The molecule has 0 spiro atoms. The summed E-state index contributed by atoms with van der Waals surface area (Å²) in [5, 5.41) is 8.20. The minimum Gasteiger partial charge on any atom is -0.344 e. The molecule has 2 aromatic carbocycles. The molecular weight excluding hydrogens is 412 g/mol. The van der Waals surface area contributed by atoms with Gasteiger partial charge >= 0.3 is 0 Å². The largest absolute Gasteiger partial charge is 0.344 e. The molecule has 0 aliphatic rings. The Hall–Kier alpha value is -3.12. The summed E-state index contributed by atoms with van der Waals surface area (Å²) in [4.78, 5) is 26.3. The molecule has 1 aromatic heterocycles. The molecule has 7 heteroatoms. The second-order valence-electron chi connectivity index (χ2n) is 7.91. The molecule has 31 heavy (non-hydrogen) atoms. The van der Waals surface area contributed by atoms with Gasteiger partial charge < -0.3 is 10.2 Å². The highest BCUT2D eigenvalue weighted by atomic mass is 35.5. The summed E-state index contributed by atoms with van der Waals surface area (Å²) in [5.74, 6) is -0.388. The van der Waals surface area contributed by atoms with E-state index in [0.29, 0.717) is 11.6 Å². The molecule has 0 saturated heterocycles. The minimum atomic E-state index is -0.578. The first kappa shape index (κ1) is 22.6. The van der Waals surface area contributed by atoms with Crippen LogP contribution < -0.4 is 5.32 Å². The fraction of sp³-hybridized carbons (Fsp3) is 0.292. The van der Waals surface area contributed by atoms with E-state index in [4.69, 9.17) is 16.7 Å². The molecule has 1 atom stereocenters. The van der Waals surface area contributed by atoms with Crippen LogP contribution in [-0.2, 0) is 16.1 Å². The molecule has 3 aromatic rings. The molecule has 0 unspecified atom stereocenters. The van der Waals surface area contributed by atoms with E-state index >= 15 is 0 Å². The molecule has 0 fully saturated rings. The third-order valence-corrected chi connectivity index (χ3v) is 5.26. The van der Waals surface area contributed by atoms with Gasteiger partial charge in [0.2, 0.25) is 11.8 Å². The van der Waals surface area contributed by atoms with E-state index < -0.39 is 6.04 Å². The number of carbonyl (C=O) groups is 2. The van der Waals surface area contributed by atoms with E-state index in [1.54, 1.807) is 11.9 Å². The topological polar surface area (TPSA) is 67.2 Å². The summed E-state index contributed by atoms with van der Waals surface area (Å²) < 4.78 is 1.81. The predicted octanol–water partition coefficient (Wildman–Crippen LogP) is 4.31. The Balaban J connectivity index is 1.95. The highest BCUT2D eigenvalue weighted by Gasteiger charge is 2.27. The maximum atomic E-state index is 13.1. The summed E-state index contributed by atoms with van der Waals surface area (Å²) in [6.07, 6.45) is 1.94. The van der Waals surface area contributed by atoms with Crippen molar-refractivity contribution >= 4 is 23.4 Å². The molecule has 2 amide bonds. The second-order valence-corrected chi connectivity index (χ2v) is 8.34. The summed E-state index contributed by atoms with van der Waals surface area (Å²) >= 11 is 6.06. The number of nitrogens with zero attached hydrogens (tertiary/aromatic N) is 3. The molecule has 0 saturated carbocycles. The third kappa shape index (κ3) is 5.52. The zero-order valence-corrected chi connectivity index (χ0v) is 18.9. The van der Waals surface area contributed by atoms with Gasteiger partial charge in [0.05, 0.1) is 11.4 Å². The predicted molar refractivity (Wildman–Crippen MR) is 123 cm³/mol. The van der Waals surface area contributed by atoms with E-state index in [0.717, 1.165) is 22.5 Å². The number of halogens is 1. The Bertz CT molecular complexity index is 1050. The van der Waals surface area contributed by atoms with Gasteiger partial charge in [-0.15, -0.1) is 0 Å². The highest BCUT2D eigenvalue weighted by molar-refractivity contribution is 6.30. The standard InChI is InChI=1S/C24H27ClN4O2/c1-16(2)22(26-17(3)30)24(31)28(4)14-19-15-29(21-8-6-5-7-9-21)27-23(19)18-10-12-20(25)13-11-18/h5-13,15-16,22H,14H2,1-4H3,(H,26,30)/t22-/m0/s1. The van der Waals surface area contributed by atoms with Crippen LogP contribution in [0.3, 0.4) is 0 Å². The Kier molecular flexibility index (Phi) is 7.13. The molecule has 0 radical (unpaired) electrons. The van der Waals surface area contributed by atoms with Crippen molar-refractivity contribution in [2.24, 2.45) is 5.92 Å². The van der Waals surface area contributed by atoms with Gasteiger partial charge in [0, 0.05) is 42.9 Å². The van der Waals surface area contributed by atoms with Crippen molar-refractivity contribution < 1.29 is 9.59 Å². The monoisotopic (exact) mass is 438 g/mol. The SMILES string of the molecule is CC(=O)N[C@H](C(=O)N(C)Cc1cn(-c2ccccc2)nc1-c1ccc(Cl)cc1)C(C)C. The number of hydrogen-bond acceptors (Lipinski definition) is 3. The number of rotatable bonds is 7. The smallest absolute Gasteiger partial charge is 0.245 e. The van der Waals surface area contributed by atoms with E-state index in [2.05, 4.69) is 5.32 Å². The van der Waals surface area contributed by atoms with Crippen molar-refractivity contribution in [1.29, 1.82) is 0 Å². The number of carbonyl (C=O) groups excluding carboxylic acids is 2. The Morgan fingerprint density at radius 3 is 2.32 bits per heavy atom. The van der Waals surface area contributed by atoms with Gasteiger partial charge in [-0.1, -0.05) is 55.8 Å². The second kappa shape index (κ2) is 9.79. The summed E-state index contributed by atoms with van der Waals surface area (Å²) in [5.41, 5.74) is 3.52. The van der Waals surface area contributed by atoms with E-state index in [1.165, 1.54) is 6.92 Å². The fourth-order valence-electron chi connectivity index (χ4n) is 3.39. The molecule has 3 rings (SSSR count). The van der Waals surface area contributed by atoms with Crippen LogP contribution in [0.1, 0.15) is 26.3 Å². The Morgan fingerprint density at radius 2 is 1.74 bits per heavy atom. The summed E-state index contributed by atoms with van der Waals surface area (Å²) in [7, 11) is 1.74. The summed E-state index contributed by atoms with van der Waals surface area (Å²) in [6.45, 7) is 5.61. The lowest BCUT2D eigenvalue weighted by atomic mass is 10.0. The number of aromatic nitrogens is 2. The number of nitrogens with one attached hydrogen (secondary N) is 1. The molecular formula is C24H27ClN4O2. The minimum absolute atomic E-state index is 0.0263. The van der Waals surface area contributed by atoms with E-state index in [1.807, 2.05) is 79.3 Å². The number of amides is 2. The molecule has 1 heterocycles. The van der Waals surface area contributed by atoms with E-state index in [-0.39, 0.29) is 17.7 Å². The van der Waals surface area contributed by atoms with Crippen LogP contribution in [0.2, 0.25) is 5.02 Å². The summed E-state index contributed by atoms with van der Waals surface area (Å²) in [6, 6.07) is 16.7. The van der Waals surface area contributed by atoms with Gasteiger partial charge in [-0.3, -0.25) is 9.59 Å². The lowest BCUT2D eigenvalue weighted by Gasteiger charge is -2.26. The van der Waals surface area contributed by atoms with Gasteiger partial charge in [-0.05, 0) is 30.2 Å². The zero-order valence-electron chi connectivity index (χ0n) is 18.2. The fourth-order valence-corrected chi connectivity index (χ4v) is 3.52. The molecule has 0 aliphatic heterocycles. The lowest BCUT2D eigenvalue weighted by molar-refractivity contribution is -0.136. The Labute approximate surface area is 187 Å². The molecule has 1 N–H and O–H groups in total. The highest BCUT2D eigenvalue weighted by Crippen LogP contribution is 2.26. The van der Waals surface area contributed by atoms with Gasteiger partial charge in [0.15, 0.2) is 0 Å². The maximum Gasteiger partial charge on any atom is 0.245 e. The van der Waals surface area contributed by atoms with Crippen molar-refractivity contribution in [1.82, 2.24) is 20.0 Å². The number of likely N-dealkylation sites (N-methyl/N-ethyl adjacent to an activating group) is 1. The lowest BCUT2D eigenvalue weighted by Crippen LogP contribution is -2.49. The zero-order chi connectivity index (χ0) is 22.5.